The first-order chi connectivity index (χ1) is 13.2. The van der Waals surface area contributed by atoms with Gasteiger partial charge in [0.1, 0.15) is 0 Å². The minimum atomic E-state index is 0.182. The molecule has 3 aromatic rings. The minimum Gasteiger partial charge on any atom is -0.312 e. The van der Waals surface area contributed by atoms with E-state index in [0.717, 1.165) is 19.4 Å². The number of aromatic nitrogens is 1. The summed E-state index contributed by atoms with van der Waals surface area (Å²) in [5.74, 6) is 0.458. The monoisotopic (exact) mass is 354 g/mol. The Labute approximate surface area is 159 Å². The van der Waals surface area contributed by atoms with Crippen LogP contribution in [-0.4, -0.2) is 17.4 Å². The SMILES string of the molecule is Cc1cccc(C(c2ccncc2)c2cc3c4c(c2)CCN4C(=O)CC3)c1. The van der Waals surface area contributed by atoms with E-state index in [1.165, 1.54) is 39.1 Å². The molecule has 0 saturated carbocycles. The molecule has 3 heterocycles. The number of carbonyl (C=O) groups is 1. The number of hydrogen-bond acceptors (Lipinski definition) is 2. The predicted octanol–water partition coefficient (Wildman–Crippen LogP) is 4.41. The van der Waals surface area contributed by atoms with Gasteiger partial charge in [-0.1, -0.05) is 42.0 Å². The molecule has 1 amide bonds. The van der Waals surface area contributed by atoms with Crippen LogP contribution in [0.5, 0.6) is 0 Å². The van der Waals surface area contributed by atoms with Gasteiger partial charge in [-0.05, 0) is 59.7 Å². The highest BCUT2D eigenvalue weighted by Crippen LogP contribution is 2.41. The number of amides is 1. The van der Waals surface area contributed by atoms with Gasteiger partial charge in [-0.15, -0.1) is 0 Å². The molecule has 3 nitrogen and oxygen atoms in total. The zero-order valence-electron chi connectivity index (χ0n) is 15.5. The van der Waals surface area contributed by atoms with E-state index >= 15 is 0 Å². The Morgan fingerprint density at radius 3 is 2.44 bits per heavy atom. The van der Waals surface area contributed by atoms with Gasteiger partial charge in [0.25, 0.3) is 0 Å². The summed E-state index contributed by atoms with van der Waals surface area (Å²) in [5.41, 5.74) is 8.98. The fraction of sp³-hybridized carbons (Fsp3) is 0.250. The van der Waals surface area contributed by atoms with Crippen molar-refractivity contribution >= 4 is 11.6 Å². The topological polar surface area (TPSA) is 33.2 Å². The normalized spacial score (nSPS) is 16.3. The lowest BCUT2D eigenvalue weighted by atomic mass is 9.82. The molecule has 0 spiro atoms. The molecule has 0 N–H and O–H groups in total. The van der Waals surface area contributed by atoms with E-state index in [1.54, 1.807) is 0 Å². The van der Waals surface area contributed by atoms with Crippen LogP contribution in [0, 0.1) is 6.92 Å². The number of benzene rings is 2. The van der Waals surface area contributed by atoms with Crippen molar-refractivity contribution < 1.29 is 4.79 Å². The van der Waals surface area contributed by atoms with E-state index in [1.807, 2.05) is 17.3 Å². The molecule has 0 aliphatic carbocycles. The molecule has 0 fully saturated rings. The molecule has 2 aliphatic rings. The fourth-order valence-electron chi connectivity index (χ4n) is 4.63. The van der Waals surface area contributed by atoms with Crippen LogP contribution in [0.3, 0.4) is 0 Å². The lowest BCUT2D eigenvalue weighted by Crippen LogP contribution is -2.32. The summed E-state index contributed by atoms with van der Waals surface area (Å²) < 4.78 is 0. The zero-order valence-corrected chi connectivity index (χ0v) is 15.5. The van der Waals surface area contributed by atoms with E-state index in [2.05, 4.69) is 60.4 Å². The highest BCUT2D eigenvalue weighted by molar-refractivity contribution is 5.98. The van der Waals surface area contributed by atoms with Crippen LogP contribution in [0.25, 0.3) is 0 Å². The van der Waals surface area contributed by atoms with Crippen LogP contribution >= 0.6 is 0 Å². The molecular formula is C24H22N2O. The molecule has 0 saturated heterocycles. The van der Waals surface area contributed by atoms with E-state index in [0.29, 0.717) is 6.42 Å². The summed E-state index contributed by atoms with van der Waals surface area (Å²) in [6.07, 6.45) is 6.17. The Bertz CT molecular complexity index is 1030. The Hall–Kier alpha value is -2.94. The summed E-state index contributed by atoms with van der Waals surface area (Å²) >= 11 is 0. The summed E-state index contributed by atoms with van der Waals surface area (Å²) in [6.45, 7) is 2.97. The van der Waals surface area contributed by atoms with Crippen molar-refractivity contribution in [3.05, 3.63) is 94.3 Å². The minimum absolute atomic E-state index is 0.182. The third kappa shape index (κ3) is 2.74. The first-order valence-electron chi connectivity index (χ1n) is 9.63. The first kappa shape index (κ1) is 16.2. The maximum absolute atomic E-state index is 12.2. The highest BCUT2D eigenvalue weighted by atomic mass is 16.2. The number of carbonyl (C=O) groups excluding carboxylic acids is 1. The van der Waals surface area contributed by atoms with Gasteiger partial charge >= 0.3 is 0 Å². The average Bonchev–Trinajstić information content (AvgIpc) is 3.11. The van der Waals surface area contributed by atoms with Crippen LogP contribution < -0.4 is 4.90 Å². The molecule has 5 rings (SSSR count). The van der Waals surface area contributed by atoms with E-state index in [9.17, 15) is 4.79 Å². The van der Waals surface area contributed by atoms with Gasteiger partial charge in [-0.25, -0.2) is 0 Å². The second-order valence-corrected chi connectivity index (χ2v) is 7.61. The molecule has 1 atom stereocenters. The first-order valence-corrected chi connectivity index (χ1v) is 9.63. The zero-order chi connectivity index (χ0) is 18.4. The number of rotatable bonds is 3. The van der Waals surface area contributed by atoms with Gasteiger partial charge in [0.2, 0.25) is 5.91 Å². The average molecular weight is 354 g/mol. The Morgan fingerprint density at radius 2 is 1.67 bits per heavy atom. The molecular weight excluding hydrogens is 332 g/mol. The molecule has 3 heteroatoms. The molecule has 2 aliphatic heterocycles. The van der Waals surface area contributed by atoms with Crippen molar-refractivity contribution in [3.8, 4) is 0 Å². The van der Waals surface area contributed by atoms with Crippen molar-refractivity contribution in [2.75, 3.05) is 11.4 Å². The number of hydrogen-bond donors (Lipinski definition) is 0. The summed E-state index contributed by atoms with van der Waals surface area (Å²) in [4.78, 5) is 18.4. The van der Waals surface area contributed by atoms with Gasteiger partial charge in [0.05, 0.1) is 5.69 Å². The second-order valence-electron chi connectivity index (χ2n) is 7.61. The molecule has 134 valence electrons. The Balaban J connectivity index is 1.69. The highest BCUT2D eigenvalue weighted by Gasteiger charge is 2.32. The van der Waals surface area contributed by atoms with Crippen molar-refractivity contribution in [2.45, 2.75) is 32.1 Å². The van der Waals surface area contributed by atoms with Crippen LogP contribution in [0.2, 0.25) is 0 Å². The predicted molar refractivity (Wildman–Crippen MR) is 107 cm³/mol. The van der Waals surface area contributed by atoms with E-state index < -0.39 is 0 Å². The molecule has 1 aromatic heterocycles. The molecule has 0 radical (unpaired) electrons. The number of anilines is 1. The molecule has 2 aromatic carbocycles. The lowest BCUT2D eigenvalue weighted by Gasteiger charge is -2.27. The Kier molecular flexibility index (Phi) is 3.82. The maximum atomic E-state index is 12.2. The smallest absolute Gasteiger partial charge is 0.227 e. The molecule has 0 bridgehead atoms. The third-order valence-corrected chi connectivity index (χ3v) is 5.82. The van der Waals surface area contributed by atoms with Crippen molar-refractivity contribution in [1.29, 1.82) is 0 Å². The van der Waals surface area contributed by atoms with Gasteiger partial charge in [0.15, 0.2) is 0 Å². The van der Waals surface area contributed by atoms with Crippen LogP contribution in [-0.2, 0) is 17.6 Å². The van der Waals surface area contributed by atoms with Crippen molar-refractivity contribution in [1.82, 2.24) is 4.98 Å². The lowest BCUT2D eigenvalue weighted by molar-refractivity contribution is -0.118. The van der Waals surface area contributed by atoms with E-state index in [4.69, 9.17) is 0 Å². The Morgan fingerprint density at radius 1 is 0.889 bits per heavy atom. The fourth-order valence-corrected chi connectivity index (χ4v) is 4.63. The summed E-state index contributed by atoms with van der Waals surface area (Å²) in [7, 11) is 0. The van der Waals surface area contributed by atoms with Gasteiger partial charge in [-0.2, -0.15) is 0 Å². The van der Waals surface area contributed by atoms with Gasteiger partial charge in [-0.3, -0.25) is 9.78 Å². The van der Waals surface area contributed by atoms with Gasteiger partial charge in [0, 0.05) is 31.3 Å². The molecule has 1 unspecified atom stereocenters. The van der Waals surface area contributed by atoms with Crippen molar-refractivity contribution in [3.63, 3.8) is 0 Å². The largest absolute Gasteiger partial charge is 0.312 e. The van der Waals surface area contributed by atoms with Gasteiger partial charge < -0.3 is 4.90 Å². The summed E-state index contributed by atoms with van der Waals surface area (Å²) in [5, 5.41) is 0. The third-order valence-electron chi connectivity index (χ3n) is 5.82. The number of aryl methyl sites for hydroxylation is 2. The number of nitrogens with zero attached hydrogens (tertiary/aromatic N) is 2. The standard InChI is InChI=1S/C24H22N2O/c1-16-3-2-4-18(13-16)23(17-7-10-25-11-8-17)21-14-19-5-6-22(27)26-12-9-20(15-21)24(19)26/h2-4,7-8,10-11,13-15,23H,5-6,9,12H2,1H3. The van der Waals surface area contributed by atoms with Crippen LogP contribution in [0.15, 0.2) is 60.9 Å². The quantitative estimate of drug-likeness (QED) is 0.698. The molecule has 27 heavy (non-hydrogen) atoms. The maximum Gasteiger partial charge on any atom is 0.227 e. The summed E-state index contributed by atoms with van der Waals surface area (Å²) in [6, 6.07) is 17.6. The van der Waals surface area contributed by atoms with E-state index in [-0.39, 0.29) is 11.8 Å². The van der Waals surface area contributed by atoms with Crippen LogP contribution in [0.4, 0.5) is 5.69 Å². The second kappa shape index (κ2) is 6.34. The van der Waals surface area contributed by atoms with Crippen LogP contribution in [0.1, 0.15) is 45.7 Å². The number of pyridine rings is 1. The van der Waals surface area contributed by atoms with Crippen molar-refractivity contribution in [2.24, 2.45) is 0 Å².